The van der Waals surface area contributed by atoms with Crippen molar-refractivity contribution >= 4 is 17.6 Å². The third kappa shape index (κ3) is 1.56. The van der Waals surface area contributed by atoms with E-state index in [0.717, 1.165) is 11.8 Å². The molecule has 0 aliphatic rings. The molecule has 0 amide bonds. The van der Waals surface area contributed by atoms with Crippen LogP contribution < -0.4 is 0 Å². The number of hydrogen-bond acceptors (Lipinski definition) is 4. The average molecular weight is 205 g/mol. The van der Waals surface area contributed by atoms with Crippen LogP contribution in [0.5, 0.6) is 0 Å². The Balaban J connectivity index is 2.61. The fourth-order valence-electron chi connectivity index (χ4n) is 1.38. The Bertz CT molecular complexity index is 532. The van der Waals surface area contributed by atoms with Gasteiger partial charge in [-0.15, -0.1) is 0 Å². The van der Waals surface area contributed by atoms with E-state index in [1.807, 2.05) is 0 Å². The van der Waals surface area contributed by atoms with Crippen LogP contribution in [0, 0.1) is 10.1 Å². The molecule has 2 heterocycles. The van der Waals surface area contributed by atoms with Crippen LogP contribution in [0.3, 0.4) is 0 Å². The summed E-state index contributed by atoms with van der Waals surface area (Å²) in [4.78, 5) is 24.0. The molecule has 0 bridgehead atoms. The Morgan fingerprint density at radius 2 is 2.40 bits per heavy atom. The van der Waals surface area contributed by atoms with Gasteiger partial charge in [0.25, 0.3) is 0 Å². The molecule has 2 rings (SSSR count). The predicted octanol–water partition coefficient (Wildman–Crippen LogP) is 0.984. The molecule has 2 aromatic rings. The second-order valence-corrected chi connectivity index (χ2v) is 3.02. The second kappa shape index (κ2) is 3.49. The molecule has 0 N–H and O–H groups in total. The standard InChI is InChI=1S/C9H7N3O3/c13-4-2-7-1-3-11-6-10-9(12(14)15)8(11)5-7/h1,3-6H,2H2. The van der Waals surface area contributed by atoms with Gasteiger partial charge in [0, 0.05) is 12.6 Å². The monoisotopic (exact) mass is 205 g/mol. The Kier molecular flexibility index (Phi) is 2.17. The van der Waals surface area contributed by atoms with Gasteiger partial charge in [0.15, 0.2) is 0 Å². The number of aldehydes is 1. The lowest BCUT2D eigenvalue weighted by Gasteiger charge is -1.96. The maximum atomic E-state index is 10.6. The van der Waals surface area contributed by atoms with Crippen LogP contribution in [0.4, 0.5) is 5.82 Å². The molecular formula is C9H7N3O3. The van der Waals surface area contributed by atoms with Crippen molar-refractivity contribution in [3.63, 3.8) is 0 Å². The zero-order chi connectivity index (χ0) is 10.8. The van der Waals surface area contributed by atoms with Crippen LogP contribution in [-0.4, -0.2) is 20.6 Å². The fraction of sp³-hybridized carbons (Fsp3) is 0.111. The van der Waals surface area contributed by atoms with Crippen molar-refractivity contribution in [3.8, 4) is 0 Å². The van der Waals surface area contributed by atoms with Crippen LogP contribution in [0.1, 0.15) is 5.56 Å². The molecule has 0 radical (unpaired) electrons. The molecule has 15 heavy (non-hydrogen) atoms. The highest BCUT2D eigenvalue weighted by molar-refractivity contribution is 5.64. The summed E-state index contributed by atoms with van der Waals surface area (Å²) >= 11 is 0. The molecule has 0 aliphatic carbocycles. The third-order valence-corrected chi connectivity index (χ3v) is 2.07. The first kappa shape index (κ1) is 9.32. The summed E-state index contributed by atoms with van der Waals surface area (Å²) in [6.07, 6.45) is 4.03. The number of rotatable bonds is 3. The molecule has 0 aromatic carbocycles. The topological polar surface area (TPSA) is 77.5 Å². The van der Waals surface area contributed by atoms with Crippen molar-refractivity contribution in [2.75, 3.05) is 0 Å². The lowest BCUT2D eigenvalue weighted by atomic mass is 10.2. The number of pyridine rings is 1. The summed E-state index contributed by atoms with van der Waals surface area (Å²) in [6, 6.07) is 3.33. The number of fused-ring (bicyclic) bond motifs is 1. The average Bonchev–Trinajstić information content (AvgIpc) is 2.61. The molecule has 76 valence electrons. The van der Waals surface area contributed by atoms with Crippen molar-refractivity contribution in [1.29, 1.82) is 0 Å². The van der Waals surface area contributed by atoms with Crippen LogP contribution in [0.25, 0.3) is 5.52 Å². The Morgan fingerprint density at radius 1 is 1.60 bits per heavy atom. The van der Waals surface area contributed by atoms with Crippen molar-refractivity contribution in [2.45, 2.75) is 6.42 Å². The van der Waals surface area contributed by atoms with E-state index in [2.05, 4.69) is 4.98 Å². The molecule has 0 aliphatic heterocycles. The zero-order valence-electron chi connectivity index (χ0n) is 7.66. The number of nitro groups is 1. The van der Waals surface area contributed by atoms with Crippen molar-refractivity contribution in [3.05, 3.63) is 40.3 Å². The SMILES string of the molecule is O=CCc1ccn2cnc([N+](=O)[O-])c2c1. The molecular weight excluding hydrogens is 198 g/mol. The summed E-state index contributed by atoms with van der Waals surface area (Å²) in [7, 11) is 0. The zero-order valence-corrected chi connectivity index (χ0v) is 7.66. The molecule has 0 spiro atoms. The first-order valence-corrected chi connectivity index (χ1v) is 4.26. The molecule has 0 saturated carbocycles. The smallest absolute Gasteiger partial charge is 0.358 e. The minimum atomic E-state index is -0.542. The fourth-order valence-corrected chi connectivity index (χ4v) is 1.38. The maximum Gasteiger partial charge on any atom is 0.389 e. The molecule has 2 aromatic heterocycles. The number of nitrogens with zero attached hydrogens (tertiary/aromatic N) is 3. The van der Waals surface area contributed by atoms with Crippen LogP contribution in [-0.2, 0) is 11.2 Å². The lowest BCUT2D eigenvalue weighted by Crippen LogP contribution is -1.92. The minimum absolute atomic E-state index is 0.192. The lowest BCUT2D eigenvalue weighted by molar-refractivity contribution is -0.387. The first-order valence-electron chi connectivity index (χ1n) is 4.26. The van der Waals surface area contributed by atoms with Crippen LogP contribution in [0.2, 0.25) is 0 Å². The van der Waals surface area contributed by atoms with E-state index in [0.29, 0.717) is 5.52 Å². The van der Waals surface area contributed by atoms with Gasteiger partial charge in [-0.1, -0.05) is 0 Å². The minimum Gasteiger partial charge on any atom is -0.358 e. The van der Waals surface area contributed by atoms with E-state index in [1.165, 1.54) is 6.33 Å². The van der Waals surface area contributed by atoms with Gasteiger partial charge in [-0.25, -0.2) is 0 Å². The van der Waals surface area contributed by atoms with Crippen molar-refractivity contribution in [1.82, 2.24) is 9.38 Å². The number of imidazole rings is 1. The van der Waals surface area contributed by atoms with Gasteiger partial charge in [0.2, 0.25) is 6.33 Å². The van der Waals surface area contributed by atoms with Gasteiger partial charge in [0.1, 0.15) is 11.8 Å². The van der Waals surface area contributed by atoms with Crippen molar-refractivity contribution in [2.24, 2.45) is 0 Å². The molecule has 6 heteroatoms. The summed E-state index contributed by atoms with van der Waals surface area (Å²) in [6.45, 7) is 0. The second-order valence-electron chi connectivity index (χ2n) is 3.02. The third-order valence-electron chi connectivity index (χ3n) is 2.07. The number of carbonyl (C=O) groups excluding carboxylic acids is 1. The largest absolute Gasteiger partial charge is 0.389 e. The van der Waals surface area contributed by atoms with E-state index >= 15 is 0 Å². The molecule has 0 unspecified atom stereocenters. The molecule has 0 saturated heterocycles. The summed E-state index contributed by atoms with van der Waals surface area (Å²) in [5.41, 5.74) is 1.14. The van der Waals surface area contributed by atoms with E-state index in [9.17, 15) is 14.9 Å². The summed E-state index contributed by atoms with van der Waals surface area (Å²) < 4.78 is 1.55. The molecule has 6 nitrogen and oxygen atoms in total. The summed E-state index contributed by atoms with van der Waals surface area (Å²) in [5.74, 6) is -0.192. The van der Waals surface area contributed by atoms with Gasteiger partial charge < -0.3 is 14.9 Å². The number of aromatic nitrogens is 2. The van der Waals surface area contributed by atoms with Gasteiger partial charge >= 0.3 is 5.82 Å². The highest BCUT2D eigenvalue weighted by Gasteiger charge is 2.15. The number of hydrogen-bond donors (Lipinski definition) is 0. The maximum absolute atomic E-state index is 10.6. The van der Waals surface area contributed by atoms with E-state index in [4.69, 9.17) is 0 Å². The van der Waals surface area contributed by atoms with E-state index in [1.54, 1.807) is 22.7 Å². The predicted molar refractivity (Wildman–Crippen MR) is 51.6 cm³/mol. The summed E-state index contributed by atoms with van der Waals surface area (Å²) in [5, 5.41) is 10.6. The van der Waals surface area contributed by atoms with Gasteiger partial charge in [0.05, 0.1) is 0 Å². The van der Waals surface area contributed by atoms with Crippen LogP contribution >= 0.6 is 0 Å². The highest BCUT2D eigenvalue weighted by atomic mass is 16.6. The normalized spacial score (nSPS) is 10.4. The Hall–Kier alpha value is -2.24. The Morgan fingerprint density at radius 3 is 3.07 bits per heavy atom. The van der Waals surface area contributed by atoms with Gasteiger partial charge in [-0.3, -0.25) is 4.40 Å². The number of carbonyl (C=O) groups is 1. The highest BCUT2D eigenvalue weighted by Crippen LogP contribution is 2.18. The van der Waals surface area contributed by atoms with Crippen LogP contribution in [0.15, 0.2) is 24.7 Å². The van der Waals surface area contributed by atoms with Crippen molar-refractivity contribution < 1.29 is 9.72 Å². The molecule has 0 atom stereocenters. The first-order chi connectivity index (χ1) is 7.22. The molecule has 0 fully saturated rings. The van der Waals surface area contributed by atoms with E-state index < -0.39 is 4.92 Å². The van der Waals surface area contributed by atoms with E-state index in [-0.39, 0.29) is 12.2 Å². The van der Waals surface area contributed by atoms with Gasteiger partial charge in [-0.2, -0.15) is 0 Å². The quantitative estimate of drug-likeness (QED) is 0.425. The van der Waals surface area contributed by atoms with Gasteiger partial charge in [-0.05, 0) is 27.6 Å². The Labute approximate surface area is 84.3 Å².